The molecule has 0 radical (unpaired) electrons. The van der Waals surface area contributed by atoms with Gasteiger partial charge in [-0.2, -0.15) is 0 Å². The number of hydrogen-bond acceptors (Lipinski definition) is 5. The quantitative estimate of drug-likeness (QED) is 0.524. The minimum atomic E-state index is -1.82. The van der Waals surface area contributed by atoms with E-state index in [1.54, 1.807) is 0 Å². The van der Waals surface area contributed by atoms with Gasteiger partial charge in [0.25, 0.3) is 0 Å². The zero-order valence-electron chi connectivity index (χ0n) is 12.8. The third kappa shape index (κ3) is 10.6. The number of rotatable bonds is 1. The van der Waals surface area contributed by atoms with Crippen LogP contribution in [0.25, 0.3) is 0 Å². The Labute approximate surface area is 123 Å². The molecule has 0 unspecified atom stereocenters. The summed E-state index contributed by atoms with van der Waals surface area (Å²) >= 11 is 0. The number of aliphatic carboxylic acids is 2. The summed E-state index contributed by atoms with van der Waals surface area (Å²) in [5.74, 6) is -3.04. The van der Waals surface area contributed by atoms with Gasteiger partial charge in [0.1, 0.15) is 5.60 Å². The molecule has 0 spiro atoms. The second kappa shape index (κ2) is 8.46. The lowest BCUT2D eigenvalue weighted by atomic mass is 9.98. The van der Waals surface area contributed by atoms with Crippen LogP contribution in [0.5, 0.6) is 0 Å². The minimum Gasteiger partial charge on any atom is -0.473 e. The average molecular weight is 304 g/mol. The van der Waals surface area contributed by atoms with Crippen molar-refractivity contribution in [1.29, 1.82) is 0 Å². The molecule has 0 bridgehead atoms. The Morgan fingerprint density at radius 3 is 2.05 bits per heavy atom. The first-order valence-corrected chi connectivity index (χ1v) is 6.67. The lowest BCUT2D eigenvalue weighted by Crippen LogP contribution is -2.49. The first kappa shape index (κ1) is 19.2. The highest BCUT2D eigenvalue weighted by molar-refractivity contribution is 6.27. The highest BCUT2D eigenvalue weighted by Gasteiger charge is 2.23. The number of hydrogen-bond donors (Lipinski definition) is 4. The molecule has 4 N–H and O–H groups in total. The molecule has 0 aliphatic carbocycles. The maximum atomic E-state index is 11.5. The van der Waals surface area contributed by atoms with Gasteiger partial charge in [0.2, 0.25) is 0 Å². The molecule has 1 heterocycles. The number of nitrogens with one attached hydrogen (secondary N) is 2. The van der Waals surface area contributed by atoms with Crippen LogP contribution in [0.4, 0.5) is 4.79 Å². The molecule has 2 atom stereocenters. The number of carboxylic acid groups (broad SMARTS) is 2. The molecule has 8 nitrogen and oxygen atoms in total. The number of amides is 1. The van der Waals surface area contributed by atoms with Gasteiger partial charge in [0, 0.05) is 12.6 Å². The van der Waals surface area contributed by atoms with Crippen LogP contribution in [0.1, 0.15) is 34.1 Å². The summed E-state index contributed by atoms with van der Waals surface area (Å²) in [6.45, 7) is 9.66. The normalized spacial score (nSPS) is 21.5. The van der Waals surface area contributed by atoms with E-state index in [-0.39, 0.29) is 12.1 Å². The van der Waals surface area contributed by atoms with Gasteiger partial charge in [-0.1, -0.05) is 6.92 Å². The molecule has 1 fully saturated rings. The monoisotopic (exact) mass is 304 g/mol. The second-order valence-electron chi connectivity index (χ2n) is 5.95. The average Bonchev–Trinajstić information content (AvgIpc) is 2.26. The van der Waals surface area contributed by atoms with E-state index < -0.39 is 17.5 Å². The second-order valence-corrected chi connectivity index (χ2v) is 5.95. The van der Waals surface area contributed by atoms with E-state index in [2.05, 4.69) is 17.6 Å². The van der Waals surface area contributed by atoms with Crippen molar-refractivity contribution < 1.29 is 29.3 Å². The number of carbonyl (C=O) groups excluding carboxylic acids is 1. The fraction of sp³-hybridized carbons (Fsp3) is 0.769. The highest BCUT2D eigenvalue weighted by Crippen LogP contribution is 2.11. The summed E-state index contributed by atoms with van der Waals surface area (Å²) in [4.78, 5) is 29.7. The van der Waals surface area contributed by atoms with E-state index in [1.807, 2.05) is 20.8 Å². The minimum absolute atomic E-state index is 0.198. The van der Waals surface area contributed by atoms with Crippen molar-refractivity contribution in [3.63, 3.8) is 0 Å². The van der Waals surface area contributed by atoms with Crippen LogP contribution >= 0.6 is 0 Å². The summed E-state index contributed by atoms with van der Waals surface area (Å²) in [6, 6.07) is 0.198. The fourth-order valence-corrected chi connectivity index (χ4v) is 1.74. The molecule has 1 aliphatic rings. The Balaban J connectivity index is 0.000000567. The molecule has 1 rings (SSSR count). The van der Waals surface area contributed by atoms with Crippen molar-refractivity contribution in [3.8, 4) is 0 Å². The SMILES string of the molecule is C[C@@H]1CNC[C@@H](NC(=O)OC(C)(C)C)C1.O=C(O)C(=O)O. The van der Waals surface area contributed by atoms with E-state index in [1.165, 1.54) is 0 Å². The van der Waals surface area contributed by atoms with E-state index >= 15 is 0 Å². The third-order valence-corrected chi connectivity index (χ3v) is 2.47. The van der Waals surface area contributed by atoms with Crippen molar-refractivity contribution in [2.45, 2.75) is 45.8 Å². The van der Waals surface area contributed by atoms with Gasteiger partial charge in [-0.15, -0.1) is 0 Å². The summed E-state index contributed by atoms with van der Waals surface area (Å²) in [5.41, 5.74) is -0.419. The first-order chi connectivity index (χ1) is 9.51. The summed E-state index contributed by atoms with van der Waals surface area (Å²) in [6.07, 6.45) is 0.704. The Bertz CT molecular complexity index is 365. The molecule has 0 saturated carbocycles. The van der Waals surface area contributed by atoms with Gasteiger partial charge in [0.05, 0.1) is 0 Å². The fourth-order valence-electron chi connectivity index (χ4n) is 1.74. The summed E-state index contributed by atoms with van der Waals surface area (Å²) in [5, 5.41) is 20.9. The number of alkyl carbamates (subject to hydrolysis) is 1. The van der Waals surface area contributed by atoms with Crippen LogP contribution in [-0.4, -0.2) is 53.0 Å². The summed E-state index contributed by atoms with van der Waals surface area (Å²) < 4.78 is 5.20. The van der Waals surface area contributed by atoms with Gasteiger partial charge >= 0.3 is 18.0 Å². The van der Waals surface area contributed by atoms with E-state index in [4.69, 9.17) is 24.5 Å². The van der Waals surface area contributed by atoms with Crippen molar-refractivity contribution >= 4 is 18.0 Å². The number of ether oxygens (including phenoxy) is 1. The van der Waals surface area contributed by atoms with E-state index in [0.717, 1.165) is 19.5 Å². The summed E-state index contributed by atoms with van der Waals surface area (Å²) in [7, 11) is 0. The third-order valence-electron chi connectivity index (χ3n) is 2.47. The van der Waals surface area contributed by atoms with E-state index in [0.29, 0.717) is 5.92 Å². The topological polar surface area (TPSA) is 125 Å². The predicted molar refractivity (Wildman–Crippen MR) is 75.1 cm³/mol. The lowest BCUT2D eigenvalue weighted by molar-refractivity contribution is -0.159. The van der Waals surface area contributed by atoms with Gasteiger partial charge in [-0.25, -0.2) is 14.4 Å². The number of carboxylic acids is 2. The first-order valence-electron chi connectivity index (χ1n) is 6.67. The van der Waals surface area contributed by atoms with E-state index in [9.17, 15) is 4.79 Å². The van der Waals surface area contributed by atoms with Crippen LogP contribution in [0.3, 0.4) is 0 Å². The zero-order chi connectivity index (χ0) is 16.6. The Hall–Kier alpha value is -1.83. The molecule has 1 amide bonds. The molecule has 1 aliphatic heterocycles. The largest absolute Gasteiger partial charge is 0.473 e. The van der Waals surface area contributed by atoms with Gasteiger partial charge in [-0.05, 0) is 39.7 Å². The molecular weight excluding hydrogens is 280 g/mol. The number of piperidine rings is 1. The smallest absolute Gasteiger partial charge is 0.414 e. The molecule has 0 aromatic heterocycles. The zero-order valence-corrected chi connectivity index (χ0v) is 12.8. The van der Waals surface area contributed by atoms with Crippen molar-refractivity contribution in [1.82, 2.24) is 10.6 Å². The van der Waals surface area contributed by atoms with Gasteiger partial charge in [-0.3, -0.25) is 0 Å². The highest BCUT2D eigenvalue weighted by atomic mass is 16.6. The maximum absolute atomic E-state index is 11.5. The van der Waals surface area contributed by atoms with Crippen molar-refractivity contribution in [2.75, 3.05) is 13.1 Å². The Morgan fingerprint density at radius 1 is 1.14 bits per heavy atom. The van der Waals surface area contributed by atoms with Crippen LogP contribution in [0.2, 0.25) is 0 Å². The van der Waals surface area contributed by atoms with Crippen molar-refractivity contribution in [3.05, 3.63) is 0 Å². The Kier molecular flexibility index (Phi) is 7.72. The van der Waals surface area contributed by atoms with Crippen LogP contribution in [0.15, 0.2) is 0 Å². The van der Waals surface area contributed by atoms with Gasteiger partial charge < -0.3 is 25.6 Å². The van der Waals surface area contributed by atoms with Gasteiger partial charge in [0.15, 0.2) is 0 Å². The lowest BCUT2D eigenvalue weighted by Gasteiger charge is -2.29. The number of carbonyl (C=O) groups is 3. The predicted octanol–water partition coefficient (Wildman–Crippen LogP) is 0.665. The van der Waals surface area contributed by atoms with Crippen LogP contribution in [0, 0.1) is 5.92 Å². The standard InChI is InChI=1S/C11H22N2O2.C2H2O4/c1-8-5-9(7-12-6-8)13-10(14)15-11(2,3)4;3-1(4)2(5)6/h8-9,12H,5-7H2,1-4H3,(H,13,14);(H,3,4)(H,5,6)/t8-,9-;/m0./s1. The molecule has 0 aromatic carbocycles. The Morgan fingerprint density at radius 2 is 1.67 bits per heavy atom. The molecule has 0 aromatic rings. The van der Waals surface area contributed by atoms with Crippen LogP contribution < -0.4 is 10.6 Å². The molecular formula is C13H24N2O6. The molecule has 21 heavy (non-hydrogen) atoms. The van der Waals surface area contributed by atoms with Crippen LogP contribution in [-0.2, 0) is 14.3 Å². The molecule has 122 valence electrons. The molecule has 8 heteroatoms. The molecule has 1 saturated heterocycles. The van der Waals surface area contributed by atoms with Crippen molar-refractivity contribution in [2.24, 2.45) is 5.92 Å². The maximum Gasteiger partial charge on any atom is 0.414 e.